The summed E-state index contributed by atoms with van der Waals surface area (Å²) in [6, 6.07) is 2.25. The molecular weight excluding hydrogens is 281 g/mol. The van der Waals surface area contributed by atoms with E-state index in [1.54, 1.807) is 6.07 Å². The summed E-state index contributed by atoms with van der Waals surface area (Å²) in [6.07, 6.45) is 2.36. The van der Waals surface area contributed by atoms with Crippen LogP contribution in [-0.4, -0.2) is 24.1 Å². The van der Waals surface area contributed by atoms with Gasteiger partial charge in [-0.1, -0.05) is 30.1 Å². The molecule has 19 heavy (non-hydrogen) atoms. The highest BCUT2D eigenvalue weighted by Crippen LogP contribution is 2.35. The summed E-state index contributed by atoms with van der Waals surface area (Å²) in [7, 11) is 0. The van der Waals surface area contributed by atoms with E-state index in [1.165, 1.54) is 12.8 Å². The van der Waals surface area contributed by atoms with Crippen LogP contribution < -0.4 is 10.2 Å². The van der Waals surface area contributed by atoms with Crippen LogP contribution in [0, 0.1) is 5.92 Å². The van der Waals surface area contributed by atoms with Gasteiger partial charge in [0.05, 0.1) is 10.0 Å². The van der Waals surface area contributed by atoms with Crippen LogP contribution in [0.1, 0.15) is 33.6 Å². The molecular formula is C14H21Cl2N3. The first kappa shape index (κ1) is 14.7. The Kier molecular flexibility index (Phi) is 4.80. The van der Waals surface area contributed by atoms with Crippen LogP contribution in [-0.2, 0) is 0 Å². The lowest BCUT2D eigenvalue weighted by Gasteiger charge is -2.38. The predicted octanol–water partition coefficient (Wildman–Crippen LogP) is 4.45. The Bertz CT molecular complexity index is 451. The summed E-state index contributed by atoms with van der Waals surface area (Å²) < 4.78 is 0. The normalized spacial score (nSPS) is 23.5. The Morgan fingerprint density at radius 2 is 2.11 bits per heavy atom. The fraction of sp³-hybridized carbons (Fsp3) is 0.643. The SMILES string of the molecule is CCNc1nc(N2CCC(C)CC2C)c(Cl)cc1Cl. The molecule has 0 amide bonds. The van der Waals surface area contributed by atoms with Gasteiger partial charge < -0.3 is 10.2 Å². The molecule has 0 aliphatic carbocycles. The minimum Gasteiger partial charge on any atom is -0.369 e. The van der Waals surface area contributed by atoms with Gasteiger partial charge in [-0.3, -0.25) is 0 Å². The smallest absolute Gasteiger partial charge is 0.150 e. The Morgan fingerprint density at radius 3 is 2.74 bits per heavy atom. The highest BCUT2D eigenvalue weighted by Gasteiger charge is 2.26. The third-order valence-corrected chi connectivity index (χ3v) is 4.23. The molecule has 0 saturated carbocycles. The number of rotatable bonds is 3. The van der Waals surface area contributed by atoms with Crippen LogP contribution >= 0.6 is 23.2 Å². The number of nitrogens with one attached hydrogen (secondary N) is 1. The van der Waals surface area contributed by atoms with Gasteiger partial charge in [0.2, 0.25) is 0 Å². The monoisotopic (exact) mass is 301 g/mol. The third kappa shape index (κ3) is 3.26. The molecule has 1 saturated heterocycles. The van der Waals surface area contributed by atoms with Crippen molar-refractivity contribution in [3.63, 3.8) is 0 Å². The van der Waals surface area contributed by atoms with Crippen LogP contribution in [0.15, 0.2) is 6.07 Å². The van der Waals surface area contributed by atoms with E-state index < -0.39 is 0 Å². The summed E-state index contributed by atoms with van der Waals surface area (Å²) in [5.74, 6) is 2.33. The number of hydrogen-bond acceptors (Lipinski definition) is 3. The molecule has 2 rings (SSSR count). The summed E-state index contributed by atoms with van der Waals surface area (Å²) in [5.41, 5.74) is 0. The average Bonchev–Trinajstić information content (AvgIpc) is 2.34. The van der Waals surface area contributed by atoms with Crippen molar-refractivity contribution in [2.24, 2.45) is 5.92 Å². The second kappa shape index (κ2) is 6.19. The van der Waals surface area contributed by atoms with Crippen LogP contribution in [0.2, 0.25) is 10.0 Å². The van der Waals surface area contributed by atoms with Gasteiger partial charge in [-0.15, -0.1) is 0 Å². The van der Waals surface area contributed by atoms with Crippen LogP contribution in [0.4, 0.5) is 11.6 Å². The van der Waals surface area contributed by atoms with Crippen molar-refractivity contribution >= 4 is 34.8 Å². The second-order valence-electron chi connectivity index (χ2n) is 5.33. The second-order valence-corrected chi connectivity index (χ2v) is 6.14. The van der Waals surface area contributed by atoms with Gasteiger partial charge in [-0.05, 0) is 38.7 Å². The fourth-order valence-electron chi connectivity index (χ4n) is 2.67. The van der Waals surface area contributed by atoms with E-state index in [0.717, 1.165) is 30.6 Å². The van der Waals surface area contributed by atoms with Crippen molar-refractivity contribution in [1.29, 1.82) is 0 Å². The van der Waals surface area contributed by atoms with E-state index in [-0.39, 0.29) is 0 Å². The van der Waals surface area contributed by atoms with E-state index in [0.29, 0.717) is 16.1 Å². The lowest BCUT2D eigenvalue weighted by molar-refractivity contribution is 0.376. The van der Waals surface area contributed by atoms with Crippen molar-refractivity contribution in [3.05, 3.63) is 16.1 Å². The molecule has 0 aromatic carbocycles. The molecule has 2 heterocycles. The number of halogens is 2. The first-order chi connectivity index (χ1) is 9.02. The predicted molar refractivity (Wildman–Crippen MR) is 83.6 cm³/mol. The number of aromatic nitrogens is 1. The summed E-state index contributed by atoms with van der Waals surface area (Å²) in [4.78, 5) is 6.90. The maximum atomic E-state index is 6.32. The highest BCUT2D eigenvalue weighted by atomic mass is 35.5. The van der Waals surface area contributed by atoms with E-state index in [1.807, 2.05) is 6.92 Å². The van der Waals surface area contributed by atoms with Crippen molar-refractivity contribution in [1.82, 2.24) is 4.98 Å². The third-order valence-electron chi connectivity index (χ3n) is 3.67. The molecule has 1 aromatic heterocycles. The van der Waals surface area contributed by atoms with Gasteiger partial charge >= 0.3 is 0 Å². The molecule has 1 aromatic rings. The van der Waals surface area contributed by atoms with Gasteiger partial charge in [-0.2, -0.15) is 0 Å². The molecule has 0 radical (unpaired) electrons. The lowest BCUT2D eigenvalue weighted by atomic mass is 9.93. The van der Waals surface area contributed by atoms with Crippen molar-refractivity contribution < 1.29 is 0 Å². The van der Waals surface area contributed by atoms with Crippen LogP contribution in [0.5, 0.6) is 0 Å². The zero-order valence-electron chi connectivity index (χ0n) is 11.7. The van der Waals surface area contributed by atoms with Gasteiger partial charge in [-0.25, -0.2) is 4.98 Å². The lowest BCUT2D eigenvalue weighted by Crippen LogP contribution is -2.41. The molecule has 0 bridgehead atoms. The largest absolute Gasteiger partial charge is 0.369 e. The Labute approximate surface area is 125 Å². The molecule has 1 aliphatic heterocycles. The topological polar surface area (TPSA) is 28.2 Å². The van der Waals surface area contributed by atoms with Gasteiger partial charge in [0.25, 0.3) is 0 Å². The van der Waals surface area contributed by atoms with Crippen LogP contribution in [0.25, 0.3) is 0 Å². The number of pyridine rings is 1. The highest BCUT2D eigenvalue weighted by molar-refractivity contribution is 6.37. The van der Waals surface area contributed by atoms with Gasteiger partial charge in [0.1, 0.15) is 11.6 Å². The standard InChI is InChI=1S/C14H21Cl2N3/c1-4-17-13-11(15)8-12(16)14(18-13)19-6-5-9(2)7-10(19)3/h8-10H,4-7H2,1-3H3,(H,17,18). The molecule has 1 N–H and O–H groups in total. The van der Waals surface area contributed by atoms with Crippen LogP contribution in [0.3, 0.4) is 0 Å². The number of nitrogens with zero attached hydrogens (tertiary/aromatic N) is 2. The molecule has 2 unspecified atom stereocenters. The number of hydrogen-bond donors (Lipinski definition) is 1. The minimum absolute atomic E-state index is 0.462. The van der Waals surface area contributed by atoms with E-state index in [2.05, 4.69) is 29.0 Å². The maximum Gasteiger partial charge on any atom is 0.150 e. The first-order valence-corrected chi connectivity index (χ1v) is 7.65. The van der Waals surface area contributed by atoms with E-state index in [9.17, 15) is 0 Å². The number of piperidine rings is 1. The molecule has 106 valence electrons. The average molecular weight is 302 g/mol. The quantitative estimate of drug-likeness (QED) is 0.894. The molecule has 1 aliphatic rings. The van der Waals surface area contributed by atoms with Crippen molar-refractivity contribution in [2.75, 3.05) is 23.3 Å². The molecule has 1 fully saturated rings. The van der Waals surface area contributed by atoms with Crippen molar-refractivity contribution in [3.8, 4) is 0 Å². The summed E-state index contributed by atoms with van der Waals surface area (Å²) in [6.45, 7) is 8.35. The minimum atomic E-state index is 0.462. The Morgan fingerprint density at radius 1 is 1.37 bits per heavy atom. The van der Waals surface area contributed by atoms with Crippen molar-refractivity contribution in [2.45, 2.75) is 39.7 Å². The maximum absolute atomic E-state index is 6.32. The number of anilines is 2. The van der Waals surface area contributed by atoms with Gasteiger partial charge in [0, 0.05) is 19.1 Å². The zero-order chi connectivity index (χ0) is 14.0. The molecule has 0 spiro atoms. The molecule has 2 atom stereocenters. The fourth-order valence-corrected chi connectivity index (χ4v) is 3.21. The van der Waals surface area contributed by atoms with E-state index in [4.69, 9.17) is 23.2 Å². The first-order valence-electron chi connectivity index (χ1n) is 6.89. The summed E-state index contributed by atoms with van der Waals surface area (Å²) >= 11 is 12.5. The Hall–Kier alpha value is -0.670. The summed E-state index contributed by atoms with van der Waals surface area (Å²) in [5, 5.41) is 4.39. The Balaban J connectivity index is 2.30. The molecule has 3 nitrogen and oxygen atoms in total. The van der Waals surface area contributed by atoms with Gasteiger partial charge in [0.15, 0.2) is 0 Å². The zero-order valence-corrected chi connectivity index (χ0v) is 13.2. The van der Waals surface area contributed by atoms with E-state index >= 15 is 0 Å². The molecule has 5 heteroatoms.